The van der Waals surface area contributed by atoms with Crippen LogP contribution in [0.5, 0.6) is 0 Å². The number of nitrogens with zero attached hydrogens (tertiary/aromatic N) is 3. The van der Waals surface area contributed by atoms with Gasteiger partial charge in [-0.1, -0.05) is 13.0 Å². The predicted octanol–water partition coefficient (Wildman–Crippen LogP) is 1.65. The third-order valence-electron chi connectivity index (χ3n) is 4.36. The third-order valence-corrected chi connectivity index (χ3v) is 5.46. The lowest BCUT2D eigenvalue weighted by Gasteiger charge is -2.21. The van der Waals surface area contributed by atoms with Crippen LogP contribution in [0.3, 0.4) is 0 Å². The van der Waals surface area contributed by atoms with E-state index in [2.05, 4.69) is 56.9 Å². The van der Waals surface area contributed by atoms with Gasteiger partial charge in [0, 0.05) is 50.6 Å². The van der Waals surface area contributed by atoms with Crippen molar-refractivity contribution in [2.75, 3.05) is 59.9 Å². The van der Waals surface area contributed by atoms with E-state index in [9.17, 15) is 0 Å². The molecule has 1 aromatic rings. The lowest BCUT2D eigenvalue weighted by atomic mass is 10.1. The molecule has 0 aromatic carbocycles. The fourth-order valence-corrected chi connectivity index (χ4v) is 3.59. The summed E-state index contributed by atoms with van der Waals surface area (Å²) in [4.78, 5) is 10.7. The molecule has 0 saturated carbocycles. The Morgan fingerprint density at radius 1 is 1.30 bits per heavy atom. The maximum Gasteiger partial charge on any atom is 0.191 e. The lowest BCUT2D eigenvalue weighted by Crippen LogP contribution is -2.43. The molecule has 0 bridgehead atoms. The van der Waals surface area contributed by atoms with Crippen LogP contribution < -0.4 is 10.6 Å². The quantitative estimate of drug-likeness (QED) is 0.612. The number of nitrogens with one attached hydrogen (secondary N) is 2. The highest BCUT2D eigenvalue weighted by atomic mass is 32.1. The minimum atomic E-state index is 0.509. The molecule has 130 valence electrons. The highest BCUT2D eigenvalue weighted by Gasteiger charge is 2.12. The van der Waals surface area contributed by atoms with Crippen molar-refractivity contribution in [1.82, 2.24) is 20.4 Å². The summed E-state index contributed by atoms with van der Waals surface area (Å²) in [5, 5.41) is 9.01. The van der Waals surface area contributed by atoms with Gasteiger partial charge >= 0.3 is 0 Å². The van der Waals surface area contributed by atoms with Gasteiger partial charge in [0.15, 0.2) is 5.96 Å². The van der Waals surface area contributed by atoms with Gasteiger partial charge in [0.05, 0.1) is 0 Å². The van der Waals surface area contributed by atoms with Gasteiger partial charge in [-0.3, -0.25) is 4.99 Å². The van der Waals surface area contributed by atoms with Crippen molar-refractivity contribution < 1.29 is 0 Å². The van der Waals surface area contributed by atoms with Gasteiger partial charge in [-0.15, -0.1) is 11.3 Å². The SMILES string of the molecule is CN=C(NCCN1CCCN(C)CC1)NCC(C)c1cccs1. The van der Waals surface area contributed by atoms with Crippen LogP contribution in [-0.2, 0) is 0 Å². The van der Waals surface area contributed by atoms with Crippen LogP contribution in [0, 0.1) is 0 Å². The molecule has 1 aliphatic rings. The van der Waals surface area contributed by atoms with Crippen LogP contribution in [-0.4, -0.2) is 75.7 Å². The third kappa shape index (κ3) is 6.49. The number of hydrogen-bond acceptors (Lipinski definition) is 4. The summed E-state index contributed by atoms with van der Waals surface area (Å²) in [5.74, 6) is 1.41. The second kappa shape index (κ2) is 9.90. The van der Waals surface area contributed by atoms with Crippen LogP contribution >= 0.6 is 11.3 Å². The molecule has 1 aromatic heterocycles. The molecule has 2 rings (SSSR count). The number of thiophene rings is 1. The van der Waals surface area contributed by atoms with Gasteiger partial charge in [-0.2, -0.15) is 0 Å². The normalized spacial score (nSPS) is 19.3. The minimum Gasteiger partial charge on any atom is -0.356 e. The van der Waals surface area contributed by atoms with Gasteiger partial charge in [-0.25, -0.2) is 0 Å². The number of likely N-dealkylation sites (N-methyl/N-ethyl adjacent to an activating group) is 1. The molecule has 0 amide bonds. The Morgan fingerprint density at radius 2 is 2.17 bits per heavy atom. The van der Waals surface area contributed by atoms with Crippen LogP contribution in [0.15, 0.2) is 22.5 Å². The van der Waals surface area contributed by atoms with Crippen LogP contribution in [0.4, 0.5) is 0 Å². The summed E-state index contributed by atoms with van der Waals surface area (Å²) in [6.45, 7) is 9.94. The van der Waals surface area contributed by atoms with E-state index >= 15 is 0 Å². The average Bonchev–Trinajstić information content (AvgIpc) is 3.01. The molecule has 1 fully saturated rings. The van der Waals surface area contributed by atoms with E-state index in [1.807, 2.05) is 18.4 Å². The number of aliphatic imine (C=N–C) groups is 1. The van der Waals surface area contributed by atoms with Crippen molar-refractivity contribution in [3.05, 3.63) is 22.4 Å². The molecule has 0 radical (unpaired) electrons. The molecule has 1 unspecified atom stereocenters. The van der Waals surface area contributed by atoms with Crippen LogP contribution in [0.2, 0.25) is 0 Å². The monoisotopic (exact) mass is 337 g/mol. The second-order valence-corrected chi connectivity index (χ2v) is 7.27. The summed E-state index contributed by atoms with van der Waals surface area (Å²) >= 11 is 1.82. The first-order valence-corrected chi connectivity index (χ1v) is 9.46. The largest absolute Gasteiger partial charge is 0.356 e. The van der Waals surface area contributed by atoms with Gasteiger partial charge in [0.25, 0.3) is 0 Å². The topological polar surface area (TPSA) is 42.9 Å². The smallest absolute Gasteiger partial charge is 0.191 e. The Bertz CT molecular complexity index is 460. The Kier molecular flexibility index (Phi) is 7.85. The summed E-state index contributed by atoms with van der Waals surface area (Å²) in [7, 11) is 4.05. The van der Waals surface area contributed by atoms with E-state index in [-0.39, 0.29) is 0 Å². The first-order valence-electron chi connectivity index (χ1n) is 8.58. The van der Waals surface area contributed by atoms with Crippen molar-refractivity contribution in [3.63, 3.8) is 0 Å². The van der Waals surface area contributed by atoms with Gasteiger partial charge in [-0.05, 0) is 38.0 Å². The Morgan fingerprint density at radius 3 is 2.91 bits per heavy atom. The summed E-state index contributed by atoms with van der Waals surface area (Å²) < 4.78 is 0. The first kappa shape index (κ1) is 18.2. The summed E-state index contributed by atoms with van der Waals surface area (Å²) in [6, 6.07) is 4.31. The van der Waals surface area contributed by atoms with E-state index in [4.69, 9.17) is 0 Å². The molecule has 1 saturated heterocycles. The Balaban J connectivity index is 1.65. The van der Waals surface area contributed by atoms with Crippen molar-refractivity contribution in [2.24, 2.45) is 4.99 Å². The molecule has 2 N–H and O–H groups in total. The van der Waals surface area contributed by atoms with E-state index in [1.54, 1.807) is 0 Å². The van der Waals surface area contributed by atoms with E-state index in [0.29, 0.717) is 5.92 Å². The highest BCUT2D eigenvalue weighted by Crippen LogP contribution is 2.19. The summed E-state index contributed by atoms with van der Waals surface area (Å²) in [6.07, 6.45) is 1.27. The zero-order valence-electron chi connectivity index (χ0n) is 14.7. The molecular weight excluding hydrogens is 306 g/mol. The molecular formula is C17H31N5S. The van der Waals surface area contributed by atoms with Gasteiger partial charge in [0.1, 0.15) is 0 Å². The number of rotatable bonds is 6. The molecule has 1 atom stereocenters. The van der Waals surface area contributed by atoms with Gasteiger partial charge in [0.2, 0.25) is 0 Å². The molecule has 6 heteroatoms. The molecule has 0 spiro atoms. The molecule has 2 heterocycles. The number of guanidine groups is 1. The standard InChI is InChI=1S/C17H31N5S/c1-15(16-6-4-13-23-16)14-20-17(18-2)19-7-10-22-9-5-8-21(3)11-12-22/h4,6,13,15H,5,7-12,14H2,1-3H3,(H2,18,19,20). The number of hydrogen-bond donors (Lipinski definition) is 2. The second-order valence-electron chi connectivity index (χ2n) is 6.29. The van der Waals surface area contributed by atoms with E-state index in [0.717, 1.165) is 25.6 Å². The van der Waals surface area contributed by atoms with E-state index in [1.165, 1.54) is 37.5 Å². The zero-order chi connectivity index (χ0) is 16.5. The average molecular weight is 338 g/mol. The van der Waals surface area contributed by atoms with Crippen molar-refractivity contribution >= 4 is 17.3 Å². The van der Waals surface area contributed by atoms with E-state index < -0.39 is 0 Å². The molecule has 23 heavy (non-hydrogen) atoms. The first-order chi connectivity index (χ1) is 11.2. The zero-order valence-corrected chi connectivity index (χ0v) is 15.5. The molecule has 5 nitrogen and oxygen atoms in total. The predicted molar refractivity (Wildman–Crippen MR) is 101 cm³/mol. The van der Waals surface area contributed by atoms with Crippen molar-refractivity contribution in [3.8, 4) is 0 Å². The van der Waals surface area contributed by atoms with Crippen LogP contribution in [0.1, 0.15) is 24.1 Å². The molecule has 1 aliphatic heterocycles. The summed E-state index contributed by atoms with van der Waals surface area (Å²) in [5.41, 5.74) is 0. The minimum absolute atomic E-state index is 0.509. The highest BCUT2D eigenvalue weighted by molar-refractivity contribution is 7.10. The van der Waals surface area contributed by atoms with Crippen molar-refractivity contribution in [2.45, 2.75) is 19.3 Å². The fraction of sp³-hybridized carbons (Fsp3) is 0.706. The Labute approximate surface area is 144 Å². The maximum absolute atomic E-state index is 4.33. The molecule has 0 aliphatic carbocycles. The lowest BCUT2D eigenvalue weighted by molar-refractivity contribution is 0.280. The maximum atomic E-state index is 4.33. The fourth-order valence-electron chi connectivity index (χ4n) is 2.80. The Hall–Kier alpha value is -1.11. The van der Waals surface area contributed by atoms with Crippen molar-refractivity contribution in [1.29, 1.82) is 0 Å². The van der Waals surface area contributed by atoms with Gasteiger partial charge < -0.3 is 20.4 Å². The van der Waals surface area contributed by atoms with Crippen LogP contribution in [0.25, 0.3) is 0 Å².